The van der Waals surface area contributed by atoms with E-state index in [1.807, 2.05) is 6.07 Å². The molecule has 0 N–H and O–H groups in total. The lowest BCUT2D eigenvalue weighted by Gasteiger charge is -2.22. The van der Waals surface area contributed by atoms with Crippen LogP contribution < -0.4 is 4.90 Å². The summed E-state index contributed by atoms with van der Waals surface area (Å²) in [5, 5.41) is 8.78. The van der Waals surface area contributed by atoms with Gasteiger partial charge in [0.2, 0.25) is 0 Å². The average molecular weight is 250 g/mol. The molecule has 0 unspecified atom stereocenters. The Labute approximate surface area is 102 Å². The first-order valence-corrected chi connectivity index (χ1v) is 5.22. The molecule has 1 aromatic rings. The fourth-order valence-electron chi connectivity index (χ4n) is 1.64. The highest BCUT2D eigenvalue weighted by Crippen LogP contribution is 2.30. The van der Waals surface area contributed by atoms with Crippen LogP contribution in [-0.2, 0) is 6.18 Å². The van der Waals surface area contributed by atoms with E-state index in [2.05, 4.69) is 0 Å². The standard InChI is InChI=1S/C13H9F3N2/c14-13(15,16)11-3-5-12(6-4-11)18-7-1-2-10(8-17)9-18/h1-7H,9H2. The lowest BCUT2D eigenvalue weighted by Crippen LogP contribution is -2.20. The van der Waals surface area contributed by atoms with Gasteiger partial charge in [-0.2, -0.15) is 18.4 Å². The molecule has 0 amide bonds. The molecule has 0 saturated heterocycles. The summed E-state index contributed by atoms with van der Waals surface area (Å²) in [6.45, 7) is 0.373. The highest BCUT2D eigenvalue weighted by Gasteiger charge is 2.30. The second-order valence-corrected chi connectivity index (χ2v) is 3.82. The first-order chi connectivity index (χ1) is 8.50. The molecule has 0 fully saturated rings. The molecule has 1 heterocycles. The number of nitriles is 1. The number of hydrogen-bond donors (Lipinski definition) is 0. The highest BCUT2D eigenvalue weighted by molar-refractivity contribution is 5.55. The molecule has 1 aliphatic heterocycles. The van der Waals surface area contributed by atoms with Crippen LogP contribution in [0, 0.1) is 11.3 Å². The van der Waals surface area contributed by atoms with Gasteiger partial charge in [-0.15, -0.1) is 0 Å². The number of anilines is 1. The van der Waals surface area contributed by atoms with Crippen LogP contribution in [0.25, 0.3) is 0 Å². The van der Waals surface area contributed by atoms with Crippen LogP contribution in [0.5, 0.6) is 0 Å². The number of alkyl halides is 3. The third-order valence-electron chi connectivity index (χ3n) is 2.57. The SMILES string of the molecule is N#CC1=CC=CN(c2ccc(C(F)(F)F)cc2)C1. The first-order valence-electron chi connectivity index (χ1n) is 5.22. The molecule has 2 nitrogen and oxygen atoms in total. The fourth-order valence-corrected chi connectivity index (χ4v) is 1.64. The van der Waals surface area contributed by atoms with Crippen molar-refractivity contribution in [1.29, 1.82) is 5.26 Å². The van der Waals surface area contributed by atoms with Gasteiger partial charge < -0.3 is 4.90 Å². The maximum Gasteiger partial charge on any atom is 0.416 e. The van der Waals surface area contributed by atoms with E-state index in [1.54, 1.807) is 23.3 Å². The van der Waals surface area contributed by atoms with Crippen LogP contribution in [0.3, 0.4) is 0 Å². The van der Waals surface area contributed by atoms with E-state index in [9.17, 15) is 13.2 Å². The minimum absolute atomic E-state index is 0.373. The van der Waals surface area contributed by atoms with E-state index in [0.717, 1.165) is 12.1 Å². The Morgan fingerprint density at radius 1 is 1.17 bits per heavy atom. The van der Waals surface area contributed by atoms with Crippen LogP contribution in [0.4, 0.5) is 18.9 Å². The van der Waals surface area contributed by atoms with E-state index < -0.39 is 11.7 Å². The molecule has 0 atom stereocenters. The molecule has 1 aliphatic rings. The fraction of sp³-hybridized carbons (Fsp3) is 0.154. The van der Waals surface area contributed by atoms with Crippen LogP contribution in [0.1, 0.15) is 5.56 Å². The van der Waals surface area contributed by atoms with Gasteiger partial charge in [0, 0.05) is 17.5 Å². The molecule has 2 rings (SSSR count). The van der Waals surface area contributed by atoms with E-state index in [4.69, 9.17) is 5.26 Å². The van der Waals surface area contributed by atoms with E-state index in [-0.39, 0.29) is 0 Å². The van der Waals surface area contributed by atoms with Gasteiger partial charge in [0.25, 0.3) is 0 Å². The molecular weight excluding hydrogens is 241 g/mol. The van der Waals surface area contributed by atoms with Crippen molar-refractivity contribution in [1.82, 2.24) is 0 Å². The zero-order valence-corrected chi connectivity index (χ0v) is 9.28. The molecule has 18 heavy (non-hydrogen) atoms. The maximum atomic E-state index is 12.4. The summed E-state index contributed by atoms with van der Waals surface area (Å²) in [6.07, 6.45) is 0.776. The van der Waals surface area contributed by atoms with Crippen LogP contribution in [0.15, 0.2) is 48.2 Å². The van der Waals surface area contributed by atoms with E-state index >= 15 is 0 Å². The molecule has 1 aromatic carbocycles. The highest BCUT2D eigenvalue weighted by atomic mass is 19.4. The summed E-state index contributed by atoms with van der Waals surface area (Å²) >= 11 is 0. The average Bonchev–Trinajstić information content (AvgIpc) is 2.38. The van der Waals surface area contributed by atoms with Crippen LogP contribution >= 0.6 is 0 Å². The number of nitrogens with zero attached hydrogens (tertiary/aromatic N) is 2. The van der Waals surface area contributed by atoms with Gasteiger partial charge in [0.15, 0.2) is 0 Å². The van der Waals surface area contributed by atoms with Crippen molar-refractivity contribution in [2.24, 2.45) is 0 Å². The van der Waals surface area contributed by atoms with Gasteiger partial charge >= 0.3 is 6.18 Å². The molecule has 0 saturated carbocycles. The summed E-state index contributed by atoms with van der Waals surface area (Å²) in [4.78, 5) is 1.72. The third kappa shape index (κ3) is 2.54. The number of allylic oxidation sites excluding steroid dienone is 2. The predicted molar refractivity (Wildman–Crippen MR) is 61.6 cm³/mol. The van der Waals surface area contributed by atoms with Crippen molar-refractivity contribution in [3.8, 4) is 6.07 Å². The van der Waals surface area contributed by atoms with Crippen LogP contribution in [-0.4, -0.2) is 6.54 Å². The Bertz CT molecular complexity index is 533. The van der Waals surface area contributed by atoms with Gasteiger partial charge in [-0.3, -0.25) is 0 Å². The Hall–Kier alpha value is -2.22. The number of hydrogen-bond acceptors (Lipinski definition) is 2. The minimum atomic E-state index is -4.33. The Kier molecular flexibility index (Phi) is 3.11. The summed E-state index contributed by atoms with van der Waals surface area (Å²) in [5.41, 5.74) is 0.515. The normalized spacial score (nSPS) is 15.2. The van der Waals surface area contributed by atoms with Gasteiger partial charge in [0.05, 0.1) is 18.2 Å². The molecular formula is C13H9F3N2. The van der Waals surface area contributed by atoms with Crippen molar-refractivity contribution in [3.05, 3.63) is 53.8 Å². The van der Waals surface area contributed by atoms with Gasteiger partial charge in [-0.25, -0.2) is 0 Å². The second kappa shape index (κ2) is 4.57. The first kappa shape index (κ1) is 12.2. The quantitative estimate of drug-likeness (QED) is 0.762. The lowest BCUT2D eigenvalue weighted by atomic mass is 10.1. The second-order valence-electron chi connectivity index (χ2n) is 3.82. The molecule has 0 aliphatic carbocycles. The summed E-state index contributed by atoms with van der Waals surface area (Å²) in [5.74, 6) is 0. The topological polar surface area (TPSA) is 27.0 Å². The number of rotatable bonds is 1. The lowest BCUT2D eigenvalue weighted by molar-refractivity contribution is -0.137. The van der Waals surface area contributed by atoms with Crippen molar-refractivity contribution in [3.63, 3.8) is 0 Å². The van der Waals surface area contributed by atoms with Gasteiger partial charge in [-0.05, 0) is 36.4 Å². The van der Waals surface area contributed by atoms with E-state index in [0.29, 0.717) is 17.8 Å². The molecule has 92 valence electrons. The predicted octanol–water partition coefficient (Wildman–Crippen LogP) is 3.49. The summed E-state index contributed by atoms with van der Waals surface area (Å²) in [6, 6.07) is 6.89. The van der Waals surface area contributed by atoms with Crippen LogP contribution in [0.2, 0.25) is 0 Å². The van der Waals surface area contributed by atoms with Gasteiger partial charge in [-0.1, -0.05) is 0 Å². The third-order valence-corrected chi connectivity index (χ3v) is 2.57. The summed E-state index contributed by atoms with van der Waals surface area (Å²) in [7, 11) is 0. The molecule has 0 bridgehead atoms. The zero-order valence-electron chi connectivity index (χ0n) is 9.28. The monoisotopic (exact) mass is 250 g/mol. The molecule has 0 aromatic heterocycles. The smallest absolute Gasteiger partial charge is 0.343 e. The molecule has 0 radical (unpaired) electrons. The van der Waals surface area contributed by atoms with Crippen molar-refractivity contribution in [2.75, 3.05) is 11.4 Å². The molecule has 0 spiro atoms. The van der Waals surface area contributed by atoms with E-state index in [1.165, 1.54) is 12.1 Å². The maximum absolute atomic E-state index is 12.4. The Balaban J connectivity index is 2.20. The van der Waals surface area contributed by atoms with Crippen molar-refractivity contribution in [2.45, 2.75) is 6.18 Å². The van der Waals surface area contributed by atoms with Crippen molar-refractivity contribution >= 4 is 5.69 Å². The number of benzene rings is 1. The molecule has 5 heteroatoms. The summed E-state index contributed by atoms with van der Waals surface area (Å²) < 4.78 is 37.2. The largest absolute Gasteiger partial charge is 0.416 e. The van der Waals surface area contributed by atoms with Crippen molar-refractivity contribution < 1.29 is 13.2 Å². The Morgan fingerprint density at radius 3 is 2.39 bits per heavy atom. The van der Waals surface area contributed by atoms with Gasteiger partial charge in [0.1, 0.15) is 0 Å². The Morgan fingerprint density at radius 2 is 1.83 bits per heavy atom. The number of halogens is 3. The zero-order chi connectivity index (χ0) is 13.2. The minimum Gasteiger partial charge on any atom is -0.343 e.